The van der Waals surface area contributed by atoms with Gasteiger partial charge in [-0.1, -0.05) is 11.6 Å². The Morgan fingerprint density at radius 2 is 1.50 bits per heavy atom. The number of halogens is 1. The van der Waals surface area contributed by atoms with Gasteiger partial charge in [0.1, 0.15) is 30.3 Å². The van der Waals surface area contributed by atoms with E-state index in [1.165, 1.54) is 33.3 Å². The Labute approximate surface area is 411 Å². The van der Waals surface area contributed by atoms with Crippen LogP contribution in [-0.4, -0.2) is 79.7 Å². The third-order valence-electron chi connectivity index (χ3n) is 15.1. The minimum Gasteiger partial charge on any atom is -0.497 e. The number of carboxylic acids is 1. The van der Waals surface area contributed by atoms with Crippen molar-refractivity contribution in [2.75, 3.05) is 51.3 Å². The summed E-state index contributed by atoms with van der Waals surface area (Å²) < 4.78 is 16.8. The van der Waals surface area contributed by atoms with Crippen LogP contribution >= 0.6 is 11.6 Å². The highest BCUT2D eigenvalue weighted by molar-refractivity contribution is 6.30. The number of aromatic carboxylic acids is 1. The number of nitrogens with zero attached hydrogens (tertiary/aromatic N) is 3. The average Bonchev–Trinajstić information content (AvgIpc) is 3.64. The van der Waals surface area contributed by atoms with Crippen LogP contribution in [0.1, 0.15) is 121 Å². The van der Waals surface area contributed by atoms with Crippen molar-refractivity contribution in [2.45, 2.75) is 84.0 Å². The van der Waals surface area contributed by atoms with E-state index in [1.54, 1.807) is 60.2 Å². The molecular formula is C57H57ClN5O7+. The Morgan fingerprint density at radius 1 is 0.771 bits per heavy atom. The predicted octanol–water partition coefficient (Wildman–Crippen LogP) is 7.69. The van der Waals surface area contributed by atoms with E-state index < -0.39 is 5.97 Å². The van der Waals surface area contributed by atoms with Crippen molar-refractivity contribution < 1.29 is 33.8 Å². The molecule has 13 heteroatoms. The quantitative estimate of drug-likeness (QED) is 0.0790. The van der Waals surface area contributed by atoms with Gasteiger partial charge in [0.05, 0.1) is 30.2 Å². The number of fused-ring (bicyclic) bond motifs is 5. The molecule has 0 bridgehead atoms. The van der Waals surface area contributed by atoms with Crippen LogP contribution < -0.4 is 40.2 Å². The zero-order valence-electron chi connectivity index (χ0n) is 39.8. The van der Waals surface area contributed by atoms with Crippen LogP contribution in [0.5, 0.6) is 17.2 Å². The molecule has 0 unspecified atom stereocenters. The van der Waals surface area contributed by atoms with E-state index in [-0.39, 0.29) is 29.7 Å². The second kappa shape index (κ2) is 18.8. The molecule has 0 radical (unpaired) electrons. The Balaban J connectivity index is 0.804. The van der Waals surface area contributed by atoms with Crippen molar-refractivity contribution >= 4 is 57.5 Å². The van der Waals surface area contributed by atoms with Crippen molar-refractivity contribution in [1.29, 1.82) is 0 Å². The topological polar surface area (TPSA) is 142 Å². The maximum atomic E-state index is 14.0. The fourth-order valence-electron chi connectivity index (χ4n) is 11.9. The molecule has 70 heavy (non-hydrogen) atoms. The largest absolute Gasteiger partial charge is 0.497 e. The molecule has 12 nitrogen and oxygen atoms in total. The highest BCUT2D eigenvalue weighted by Gasteiger charge is 2.37. The summed E-state index contributed by atoms with van der Waals surface area (Å²) in [5, 5.41) is 20.4. The summed E-state index contributed by atoms with van der Waals surface area (Å²) in [7, 11) is 1.58. The molecule has 0 spiro atoms. The van der Waals surface area contributed by atoms with Crippen molar-refractivity contribution in [1.82, 2.24) is 19.8 Å². The standard InChI is InChI=1S/C57H56ClN5O7/c1-33-43(44-31-39(69-2)19-21-48(44)63(33)56(66)34-14-17-38(58)18-15-34)32-49(64)59-22-4-3-5-23-60-55(65)37-16-20-40(57(67)68)45(30-37)50-46-28-35-10-6-24-61-26-8-12-41(51(35)61)53(46)70-54-42-13-9-27-62-25-7-11-36(52(42)62)29-47(50)54/h14-21,28-31H,3-13,22-27,32H2,1-2H3,(H2-,59,60,64,65,67,68)/p+1. The number of unbranched alkanes of at least 4 members (excludes halogenated alkanes) is 2. The van der Waals surface area contributed by atoms with Gasteiger partial charge in [-0.3, -0.25) is 19.0 Å². The van der Waals surface area contributed by atoms with Gasteiger partial charge >= 0.3 is 5.97 Å². The lowest BCUT2D eigenvalue weighted by Gasteiger charge is -2.39. The monoisotopic (exact) mass is 958 g/mol. The number of carbonyl (C=O) groups is 4. The summed E-state index contributed by atoms with van der Waals surface area (Å²) in [5.41, 5.74) is 11.7. The molecule has 5 aromatic carbocycles. The molecule has 0 saturated carbocycles. The Bertz CT molecular complexity index is 3310. The molecule has 358 valence electrons. The van der Waals surface area contributed by atoms with E-state index in [1.807, 2.05) is 19.1 Å². The molecule has 5 aliphatic heterocycles. The fourth-order valence-corrected chi connectivity index (χ4v) is 12.0. The maximum absolute atomic E-state index is 14.0. The van der Waals surface area contributed by atoms with E-state index in [4.69, 9.17) is 21.1 Å². The number of carboxylic acid groups (broad SMARTS) is 1. The van der Waals surface area contributed by atoms with Crippen LogP contribution in [0.4, 0.5) is 5.69 Å². The first-order valence-electron chi connectivity index (χ1n) is 24.9. The molecule has 0 atom stereocenters. The second-order valence-corrected chi connectivity index (χ2v) is 19.8. The van der Waals surface area contributed by atoms with Crippen LogP contribution in [0.25, 0.3) is 16.5 Å². The number of benzene rings is 5. The summed E-state index contributed by atoms with van der Waals surface area (Å²) in [4.78, 5) is 56.8. The van der Waals surface area contributed by atoms with E-state index in [0.29, 0.717) is 64.6 Å². The molecular weight excluding hydrogens is 902 g/mol. The van der Waals surface area contributed by atoms with Gasteiger partial charge in [-0.2, -0.15) is 0 Å². The molecule has 6 aromatic rings. The molecule has 3 N–H and O–H groups in total. The van der Waals surface area contributed by atoms with Crippen LogP contribution in [0, 0.1) is 6.92 Å². The van der Waals surface area contributed by atoms with Crippen molar-refractivity contribution in [3.63, 3.8) is 0 Å². The van der Waals surface area contributed by atoms with Gasteiger partial charge in [0.15, 0.2) is 0 Å². The van der Waals surface area contributed by atoms with Crippen molar-refractivity contribution in [3.8, 4) is 17.2 Å². The molecule has 0 saturated heterocycles. The fraction of sp³-hybridized carbons (Fsp3) is 0.351. The molecule has 2 amide bonds. The summed E-state index contributed by atoms with van der Waals surface area (Å²) in [6.07, 6.45) is 10.1. The second-order valence-electron chi connectivity index (χ2n) is 19.3. The lowest BCUT2D eigenvalue weighted by atomic mass is 9.81. The number of methoxy groups -OCH3 is 1. The zero-order valence-corrected chi connectivity index (χ0v) is 40.5. The van der Waals surface area contributed by atoms with Gasteiger partial charge in [0, 0.05) is 99.4 Å². The third kappa shape index (κ3) is 8.09. The highest BCUT2D eigenvalue weighted by atomic mass is 35.5. The molecule has 0 aliphatic carbocycles. The Hall–Kier alpha value is -6.92. The third-order valence-corrected chi connectivity index (χ3v) is 15.4. The van der Waals surface area contributed by atoms with Gasteiger partial charge in [0.2, 0.25) is 11.3 Å². The zero-order chi connectivity index (χ0) is 48.2. The van der Waals surface area contributed by atoms with E-state index in [0.717, 1.165) is 123 Å². The normalized spacial score (nSPS) is 15.3. The van der Waals surface area contributed by atoms with Crippen LogP contribution in [0.2, 0.25) is 5.02 Å². The molecule has 11 rings (SSSR count). The highest BCUT2D eigenvalue weighted by Crippen LogP contribution is 2.49. The molecule has 0 fully saturated rings. The minimum atomic E-state index is -1.04. The summed E-state index contributed by atoms with van der Waals surface area (Å²) in [6.45, 7) is 6.83. The lowest BCUT2D eigenvalue weighted by molar-refractivity contribution is -0.120. The van der Waals surface area contributed by atoms with Crippen LogP contribution in [-0.2, 0) is 36.9 Å². The Morgan fingerprint density at radius 3 is 2.29 bits per heavy atom. The van der Waals surface area contributed by atoms with Crippen LogP contribution in [0.3, 0.4) is 0 Å². The average molecular weight is 960 g/mol. The summed E-state index contributed by atoms with van der Waals surface area (Å²) >= 11 is 6.10. The number of rotatable bonds is 13. The predicted molar refractivity (Wildman–Crippen MR) is 271 cm³/mol. The smallest absolute Gasteiger partial charge is 0.336 e. The number of aromatic nitrogens is 1. The first kappa shape index (κ1) is 45.5. The molecule has 6 heterocycles. The number of ether oxygens (including phenoxy) is 2. The van der Waals surface area contributed by atoms with E-state index >= 15 is 0 Å². The van der Waals surface area contributed by atoms with E-state index in [2.05, 4.69) is 32.2 Å². The van der Waals surface area contributed by atoms with Crippen LogP contribution in [0.15, 0.2) is 72.8 Å². The number of nitrogens with one attached hydrogen (secondary N) is 2. The van der Waals surface area contributed by atoms with Gasteiger partial charge in [-0.05, 0) is 154 Å². The van der Waals surface area contributed by atoms with E-state index in [9.17, 15) is 24.3 Å². The first-order chi connectivity index (χ1) is 34.1. The number of hydrogen-bond donors (Lipinski definition) is 3. The summed E-state index contributed by atoms with van der Waals surface area (Å²) in [5.74, 6) is 0.614. The van der Waals surface area contributed by atoms with Crippen molar-refractivity contribution in [2.24, 2.45) is 0 Å². The molecule has 5 aliphatic rings. The Kier molecular flexibility index (Phi) is 12.2. The number of aryl methyl sites for hydroxylation is 2. The number of anilines is 1. The SMILES string of the molecule is COc1ccc2c(c1)c(CC(=O)NCCCCCNC(=O)c1ccc(C(=O)O)c(C3=c4cc5c6c(c4Oc4c3cc3c7c4CCCN7CCC3)CCC[N+]=6CCC5)c1)c(C)n2C(=O)c1ccc(Cl)cc1. The van der Waals surface area contributed by atoms with Gasteiger partial charge < -0.3 is 30.1 Å². The van der Waals surface area contributed by atoms with Gasteiger partial charge in [-0.15, -0.1) is 0 Å². The lowest BCUT2D eigenvalue weighted by Crippen LogP contribution is -2.45. The molecule has 1 aromatic heterocycles. The minimum absolute atomic E-state index is 0.0857. The number of amides is 2. The number of hydrogen-bond acceptors (Lipinski definition) is 7. The van der Waals surface area contributed by atoms with Crippen molar-refractivity contribution in [3.05, 3.63) is 150 Å². The van der Waals surface area contributed by atoms with Gasteiger partial charge in [0.25, 0.3) is 11.8 Å². The number of carbonyl (C=O) groups excluding carboxylic acids is 3. The summed E-state index contributed by atoms with van der Waals surface area (Å²) in [6, 6.07) is 21.7. The first-order valence-corrected chi connectivity index (χ1v) is 25.3. The maximum Gasteiger partial charge on any atom is 0.336 e. The van der Waals surface area contributed by atoms with Gasteiger partial charge in [-0.25, -0.2) is 9.37 Å².